The van der Waals surface area contributed by atoms with E-state index >= 15 is 0 Å². The maximum atomic E-state index is 4.92. The zero-order valence-corrected chi connectivity index (χ0v) is 9.92. The Morgan fingerprint density at radius 1 is 1.20 bits per heavy atom. The van der Waals surface area contributed by atoms with E-state index in [4.69, 9.17) is 4.74 Å². The van der Waals surface area contributed by atoms with Gasteiger partial charge in [0.2, 0.25) is 0 Å². The molecule has 1 rings (SSSR count). The van der Waals surface area contributed by atoms with Crippen LogP contribution in [0, 0.1) is 0 Å². The molecule has 0 atom stereocenters. The van der Waals surface area contributed by atoms with Gasteiger partial charge in [-0.15, -0.1) is 0 Å². The molecule has 84 valence electrons. The van der Waals surface area contributed by atoms with Gasteiger partial charge in [-0.2, -0.15) is 0 Å². The van der Waals surface area contributed by atoms with Crippen molar-refractivity contribution in [3.8, 4) is 0 Å². The van der Waals surface area contributed by atoms with Crippen molar-refractivity contribution in [2.75, 3.05) is 20.4 Å². The summed E-state index contributed by atoms with van der Waals surface area (Å²) in [6.07, 6.45) is 1.06. The second kappa shape index (κ2) is 6.59. The normalized spacial score (nSPS) is 10.9. The molecule has 15 heavy (non-hydrogen) atoms. The minimum Gasteiger partial charge on any atom is -0.370 e. The summed E-state index contributed by atoms with van der Waals surface area (Å²) in [5, 5.41) is 3.20. The van der Waals surface area contributed by atoms with E-state index in [0.29, 0.717) is 12.6 Å². The van der Waals surface area contributed by atoms with Crippen molar-refractivity contribution in [1.82, 2.24) is 5.32 Å². The topological polar surface area (TPSA) is 21.3 Å². The number of methoxy groups -OCH3 is 1. The SMILES string of the molecule is COCNCCc1ccc(C(C)C)cc1. The van der Waals surface area contributed by atoms with Crippen molar-refractivity contribution in [3.63, 3.8) is 0 Å². The van der Waals surface area contributed by atoms with E-state index in [-0.39, 0.29) is 0 Å². The van der Waals surface area contributed by atoms with Crippen LogP contribution < -0.4 is 5.32 Å². The molecular weight excluding hydrogens is 186 g/mol. The lowest BCUT2D eigenvalue weighted by Crippen LogP contribution is -2.19. The van der Waals surface area contributed by atoms with Gasteiger partial charge in [0.05, 0.1) is 6.73 Å². The van der Waals surface area contributed by atoms with Gasteiger partial charge >= 0.3 is 0 Å². The second-order valence-electron chi connectivity index (χ2n) is 4.08. The lowest BCUT2D eigenvalue weighted by molar-refractivity contribution is 0.176. The van der Waals surface area contributed by atoms with Gasteiger partial charge in [-0.3, -0.25) is 5.32 Å². The van der Waals surface area contributed by atoms with Crippen molar-refractivity contribution in [3.05, 3.63) is 35.4 Å². The predicted octanol–water partition coefficient (Wildman–Crippen LogP) is 2.55. The van der Waals surface area contributed by atoms with Crippen LogP contribution in [-0.2, 0) is 11.2 Å². The summed E-state index contributed by atoms with van der Waals surface area (Å²) in [6.45, 7) is 6.03. The first-order chi connectivity index (χ1) is 7.24. The average molecular weight is 207 g/mol. The number of hydrogen-bond donors (Lipinski definition) is 1. The molecule has 0 unspecified atom stereocenters. The van der Waals surface area contributed by atoms with Crippen LogP contribution in [0.15, 0.2) is 24.3 Å². The summed E-state index contributed by atoms with van der Waals surface area (Å²) in [6, 6.07) is 8.86. The first-order valence-corrected chi connectivity index (χ1v) is 5.52. The van der Waals surface area contributed by atoms with Crippen molar-refractivity contribution in [1.29, 1.82) is 0 Å². The van der Waals surface area contributed by atoms with Gasteiger partial charge in [0, 0.05) is 13.7 Å². The van der Waals surface area contributed by atoms with Crippen LogP contribution in [0.4, 0.5) is 0 Å². The lowest BCUT2D eigenvalue weighted by atomic mass is 10.0. The first kappa shape index (κ1) is 12.2. The van der Waals surface area contributed by atoms with Crippen molar-refractivity contribution in [2.24, 2.45) is 0 Å². The van der Waals surface area contributed by atoms with E-state index in [2.05, 4.69) is 43.4 Å². The minimum absolute atomic E-state index is 0.616. The summed E-state index contributed by atoms with van der Waals surface area (Å²) < 4.78 is 4.92. The standard InChI is InChI=1S/C13H21NO/c1-11(2)13-6-4-12(5-7-13)8-9-14-10-15-3/h4-7,11,14H,8-10H2,1-3H3. The third kappa shape index (κ3) is 4.45. The fourth-order valence-electron chi connectivity index (χ4n) is 1.48. The van der Waals surface area contributed by atoms with Gasteiger partial charge in [-0.05, 0) is 23.5 Å². The zero-order chi connectivity index (χ0) is 11.1. The van der Waals surface area contributed by atoms with Crippen LogP contribution in [-0.4, -0.2) is 20.4 Å². The minimum atomic E-state index is 0.616. The van der Waals surface area contributed by atoms with Crippen LogP contribution in [0.3, 0.4) is 0 Å². The Kier molecular flexibility index (Phi) is 5.37. The number of ether oxygens (including phenoxy) is 1. The number of nitrogens with one attached hydrogen (secondary N) is 1. The molecule has 0 radical (unpaired) electrons. The molecule has 0 aliphatic heterocycles. The van der Waals surface area contributed by atoms with Gasteiger partial charge < -0.3 is 4.74 Å². The summed E-state index contributed by atoms with van der Waals surface area (Å²) in [5.41, 5.74) is 2.78. The monoisotopic (exact) mass is 207 g/mol. The number of hydrogen-bond acceptors (Lipinski definition) is 2. The van der Waals surface area contributed by atoms with E-state index < -0.39 is 0 Å². The van der Waals surface area contributed by atoms with Crippen LogP contribution >= 0.6 is 0 Å². The molecule has 0 amide bonds. The highest BCUT2D eigenvalue weighted by atomic mass is 16.5. The highest BCUT2D eigenvalue weighted by Gasteiger charge is 1.98. The third-order valence-electron chi connectivity index (χ3n) is 2.48. The fraction of sp³-hybridized carbons (Fsp3) is 0.538. The Balaban J connectivity index is 2.36. The molecule has 0 heterocycles. The van der Waals surface area contributed by atoms with Gasteiger partial charge in [0.15, 0.2) is 0 Å². The largest absolute Gasteiger partial charge is 0.370 e. The van der Waals surface area contributed by atoms with E-state index in [1.807, 2.05) is 0 Å². The second-order valence-corrected chi connectivity index (χ2v) is 4.08. The Morgan fingerprint density at radius 2 is 1.87 bits per heavy atom. The molecule has 0 saturated carbocycles. The number of rotatable bonds is 6. The molecule has 0 aromatic heterocycles. The van der Waals surface area contributed by atoms with Crippen LogP contribution in [0.1, 0.15) is 30.9 Å². The van der Waals surface area contributed by atoms with Gasteiger partial charge in [-0.25, -0.2) is 0 Å². The van der Waals surface area contributed by atoms with Gasteiger partial charge in [0.1, 0.15) is 0 Å². The van der Waals surface area contributed by atoms with E-state index in [0.717, 1.165) is 13.0 Å². The van der Waals surface area contributed by atoms with E-state index in [1.165, 1.54) is 11.1 Å². The molecule has 0 bridgehead atoms. The third-order valence-corrected chi connectivity index (χ3v) is 2.48. The molecule has 2 heteroatoms. The molecule has 0 fully saturated rings. The molecule has 1 aromatic rings. The first-order valence-electron chi connectivity index (χ1n) is 5.52. The molecule has 0 saturated heterocycles. The molecule has 1 N–H and O–H groups in total. The highest BCUT2D eigenvalue weighted by Crippen LogP contribution is 2.14. The Hall–Kier alpha value is -0.860. The van der Waals surface area contributed by atoms with Crippen LogP contribution in [0.25, 0.3) is 0 Å². The molecule has 1 aromatic carbocycles. The predicted molar refractivity (Wildman–Crippen MR) is 64.1 cm³/mol. The zero-order valence-electron chi connectivity index (χ0n) is 9.92. The Morgan fingerprint density at radius 3 is 2.40 bits per heavy atom. The summed E-state index contributed by atoms with van der Waals surface area (Å²) in [5.74, 6) is 0.616. The molecular formula is C13H21NO. The van der Waals surface area contributed by atoms with E-state index in [9.17, 15) is 0 Å². The smallest absolute Gasteiger partial charge is 0.0961 e. The summed E-state index contributed by atoms with van der Waals surface area (Å²) in [7, 11) is 1.70. The lowest BCUT2D eigenvalue weighted by Gasteiger charge is -2.07. The quantitative estimate of drug-likeness (QED) is 0.572. The summed E-state index contributed by atoms with van der Waals surface area (Å²) in [4.78, 5) is 0. The molecule has 0 spiro atoms. The fourth-order valence-corrected chi connectivity index (χ4v) is 1.48. The van der Waals surface area contributed by atoms with E-state index in [1.54, 1.807) is 7.11 Å². The van der Waals surface area contributed by atoms with Crippen molar-refractivity contribution >= 4 is 0 Å². The van der Waals surface area contributed by atoms with Crippen molar-refractivity contribution < 1.29 is 4.74 Å². The van der Waals surface area contributed by atoms with Crippen LogP contribution in [0.5, 0.6) is 0 Å². The van der Waals surface area contributed by atoms with Crippen LogP contribution in [0.2, 0.25) is 0 Å². The van der Waals surface area contributed by atoms with Gasteiger partial charge in [-0.1, -0.05) is 38.1 Å². The molecule has 0 aliphatic carbocycles. The molecule has 0 aliphatic rings. The van der Waals surface area contributed by atoms with Gasteiger partial charge in [0.25, 0.3) is 0 Å². The Labute approximate surface area is 92.6 Å². The maximum absolute atomic E-state index is 4.92. The summed E-state index contributed by atoms with van der Waals surface area (Å²) >= 11 is 0. The number of benzene rings is 1. The maximum Gasteiger partial charge on any atom is 0.0961 e. The Bertz CT molecular complexity index is 266. The average Bonchev–Trinajstić information content (AvgIpc) is 2.25. The highest BCUT2D eigenvalue weighted by molar-refractivity contribution is 5.24. The molecule has 2 nitrogen and oxygen atoms in total. The van der Waals surface area contributed by atoms with Crippen molar-refractivity contribution in [2.45, 2.75) is 26.2 Å².